The molecule has 4 rings (SSSR count). The molecule has 1 amide bonds. The topological polar surface area (TPSA) is 93.3 Å². The maximum Gasteiger partial charge on any atom is 0.263 e. The van der Waals surface area contributed by atoms with Crippen LogP contribution in [0.1, 0.15) is 29.6 Å². The van der Waals surface area contributed by atoms with Gasteiger partial charge in [-0.2, -0.15) is 0 Å². The van der Waals surface area contributed by atoms with Crippen molar-refractivity contribution in [1.29, 1.82) is 0 Å². The minimum atomic E-state index is -2.89. The summed E-state index contributed by atoms with van der Waals surface area (Å²) in [7, 11) is 0. The van der Waals surface area contributed by atoms with Crippen LogP contribution in [0.3, 0.4) is 0 Å². The second kappa shape index (κ2) is 8.13. The molecular weight excluding hydrogens is 484 g/mol. The molecule has 3 aromatic rings. The molecular formula is C18H16BrF2N5OS2. The Hall–Kier alpha value is -1.82. The van der Waals surface area contributed by atoms with Crippen LogP contribution in [0.25, 0.3) is 10.3 Å². The number of hydrogen-bond acceptors (Lipinski definition) is 7. The highest BCUT2D eigenvalue weighted by Gasteiger charge is 2.43. The van der Waals surface area contributed by atoms with Crippen LogP contribution in [-0.2, 0) is 0 Å². The lowest BCUT2D eigenvalue weighted by molar-refractivity contribution is -0.0607. The molecule has 0 aromatic carbocycles. The van der Waals surface area contributed by atoms with Gasteiger partial charge in [-0.15, -0.1) is 22.7 Å². The molecule has 11 heteroatoms. The fourth-order valence-corrected chi connectivity index (χ4v) is 5.31. The number of anilines is 1. The minimum Gasteiger partial charge on any atom is -0.322 e. The van der Waals surface area contributed by atoms with Crippen LogP contribution in [-0.4, -0.2) is 34.1 Å². The number of nitrogens with two attached hydrogens (primary N) is 1. The van der Waals surface area contributed by atoms with E-state index in [0.29, 0.717) is 34.4 Å². The van der Waals surface area contributed by atoms with Crippen molar-refractivity contribution in [1.82, 2.24) is 9.97 Å². The number of rotatable bonds is 4. The number of halogens is 3. The van der Waals surface area contributed by atoms with Crippen molar-refractivity contribution >= 4 is 72.6 Å². The fourth-order valence-electron chi connectivity index (χ4n) is 3.16. The first-order valence-electron chi connectivity index (χ1n) is 8.80. The van der Waals surface area contributed by atoms with E-state index in [1.54, 1.807) is 5.38 Å². The third-order valence-electron chi connectivity index (χ3n) is 4.77. The quantitative estimate of drug-likeness (QED) is 0.480. The lowest BCUT2D eigenvalue weighted by Gasteiger charge is -2.33. The molecule has 0 aliphatic heterocycles. The number of carbonyl (C=O) groups is 1. The Labute approximate surface area is 181 Å². The van der Waals surface area contributed by atoms with E-state index in [2.05, 4.69) is 36.2 Å². The van der Waals surface area contributed by atoms with E-state index in [4.69, 9.17) is 5.73 Å². The highest BCUT2D eigenvalue weighted by Crippen LogP contribution is 2.35. The first kappa shape index (κ1) is 20.5. The zero-order valence-electron chi connectivity index (χ0n) is 14.9. The van der Waals surface area contributed by atoms with Gasteiger partial charge in [0.05, 0.1) is 28.0 Å². The zero-order valence-corrected chi connectivity index (χ0v) is 18.2. The summed E-state index contributed by atoms with van der Waals surface area (Å²) in [5.74, 6) is -3.47. The van der Waals surface area contributed by atoms with E-state index in [-0.39, 0.29) is 18.1 Å². The molecule has 2 atom stereocenters. The molecule has 3 heterocycles. The number of aromatic nitrogens is 2. The zero-order chi connectivity index (χ0) is 20.6. The number of carbonyl (C=O) groups excluding carboxylic acids is 1. The molecule has 0 spiro atoms. The Morgan fingerprint density at radius 2 is 2.24 bits per heavy atom. The lowest BCUT2D eigenvalue weighted by Crippen LogP contribution is -2.49. The molecule has 1 aliphatic rings. The largest absolute Gasteiger partial charge is 0.322 e. The van der Waals surface area contributed by atoms with Gasteiger partial charge in [0.2, 0.25) is 0 Å². The summed E-state index contributed by atoms with van der Waals surface area (Å²) in [6.45, 7) is 0. The molecule has 0 saturated heterocycles. The SMILES string of the molecule is N[C@@H]1C(C=Nc2cnc3scc(C(=O)Nc4cscc4Br)c3n2)CCCC1(F)F. The number of thiophene rings is 2. The van der Waals surface area contributed by atoms with Crippen LogP contribution in [0.4, 0.5) is 20.3 Å². The van der Waals surface area contributed by atoms with Crippen LogP contribution >= 0.6 is 38.6 Å². The van der Waals surface area contributed by atoms with Crippen LogP contribution in [0.2, 0.25) is 0 Å². The maximum atomic E-state index is 13.8. The van der Waals surface area contributed by atoms with E-state index >= 15 is 0 Å². The molecule has 1 unspecified atom stereocenters. The van der Waals surface area contributed by atoms with Gasteiger partial charge in [-0.25, -0.2) is 23.7 Å². The number of hydrogen-bond donors (Lipinski definition) is 2. The molecule has 1 aliphatic carbocycles. The number of fused-ring (bicyclic) bond motifs is 1. The van der Waals surface area contributed by atoms with Crippen molar-refractivity contribution in [2.24, 2.45) is 16.6 Å². The van der Waals surface area contributed by atoms with Crippen molar-refractivity contribution < 1.29 is 13.6 Å². The second-order valence-corrected chi connectivity index (χ2v) is 9.20. The van der Waals surface area contributed by atoms with Gasteiger partial charge in [-0.1, -0.05) is 0 Å². The fraction of sp³-hybridized carbons (Fsp3) is 0.333. The van der Waals surface area contributed by atoms with Crippen LogP contribution in [0.5, 0.6) is 0 Å². The molecule has 152 valence electrons. The molecule has 29 heavy (non-hydrogen) atoms. The molecule has 1 saturated carbocycles. The van der Waals surface area contributed by atoms with Crippen molar-refractivity contribution in [2.45, 2.75) is 31.2 Å². The van der Waals surface area contributed by atoms with Crippen LogP contribution in [0, 0.1) is 5.92 Å². The summed E-state index contributed by atoms with van der Waals surface area (Å²) < 4.78 is 28.4. The average molecular weight is 500 g/mol. The molecule has 0 radical (unpaired) electrons. The van der Waals surface area contributed by atoms with Gasteiger partial charge in [-0.05, 0) is 28.8 Å². The normalized spacial score (nSPS) is 21.7. The summed E-state index contributed by atoms with van der Waals surface area (Å²) in [4.78, 5) is 26.2. The van der Waals surface area contributed by atoms with Crippen molar-refractivity contribution in [2.75, 3.05) is 5.32 Å². The summed E-state index contributed by atoms with van der Waals surface area (Å²) in [6, 6.07) is -1.26. The van der Waals surface area contributed by atoms with E-state index in [1.807, 2.05) is 10.8 Å². The van der Waals surface area contributed by atoms with E-state index < -0.39 is 17.9 Å². The van der Waals surface area contributed by atoms with Crippen LogP contribution < -0.4 is 11.1 Å². The first-order valence-corrected chi connectivity index (χ1v) is 11.4. The summed E-state index contributed by atoms with van der Waals surface area (Å²) in [5.41, 5.74) is 7.18. The molecule has 6 nitrogen and oxygen atoms in total. The van der Waals surface area contributed by atoms with Gasteiger partial charge in [0.15, 0.2) is 5.82 Å². The number of nitrogens with zero attached hydrogens (tertiary/aromatic N) is 3. The van der Waals surface area contributed by atoms with E-state index in [0.717, 1.165) is 4.47 Å². The van der Waals surface area contributed by atoms with Crippen molar-refractivity contribution in [3.8, 4) is 0 Å². The molecule has 0 bridgehead atoms. The lowest BCUT2D eigenvalue weighted by atomic mass is 9.83. The summed E-state index contributed by atoms with van der Waals surface area (Å²) in [6.07, 6.45) is 3.64. The first-order chi connectivity index (χ1) is 13.8. The van der Waals surface area contributed by atoms with Crippen molar-refractivity contribution in [3.63, 3.8) is 0 Å². The Morgan fingerprint density at radius 3 is 3.00 bits per heavy atom. The van der Waals surface area contributed by atoms with Crippen molar-refractivity contribution in [3.05, 3.63) is 32.4 Å². The summed E-state index contributed by atoms with van der Waals surface area (Å²) >= 11 is 6.14. The Bertz CT molecular complexity index is 1080. The van der Waals surface area contributed by atoms with E-state index in [9.17, 15) is 13.6 Å². The van der Waals surface area contributed by atoms with Gasteiger partial charge in [0, 0.05) is 34.7 Å². The Kier molecular flexibility index (Phi) is 5.74. The maximum absolute atomic E-state index is 13.8. The number of amides is 1. The van der Waals surface area contributed by atoms with Gasteiger partial charge in [0.1, 0.15) is 10.3 Å². The number of nitrogens with one attached hydrogen (secondary N) is 1. The van der Waals surface area contributed by atoms with Crippen LogP contribution in [0.15, 0.2) is 31.8 Å². The standard InChI is InChI=1S/C18H16BrF2N5OS2/c19-11-7-28-8-12(11)25-16(27)10-6-29-17-14(10)26-13(5-24-17)23-4-9-2-1-3-18(20,21)15(9)22/h4-9,15H,1-3,22H2,(H,25,27)/t9?,15-/m1/s1. The minimum absolute atomic E-state index is 0.197. The Balaban J connectivity index is 1.57. The van der Waals surface area contributed by atoms with Gasteiger partial charge in [-0.3, -0.25) is 4.79 Å². The highest BCUT2D eigenvalue weighted by atomic mass is 79.9. The third kappa shape index (κ3) is 4.23. The molecule has 1 fully saturated rings. The second-order valence-electron chi connectivity index (χ2n) is 6.74. The number of alkyl halides is 2. The van der Waals surface area contributed by atoms with E-state index in [1.165, 1.54) is 35.1 Å². The molecule has 3 aromatic heterocycles. The predicted molar refractivity (Wildman–Crippen MR) is 116 cm³/mol. The summed E-state index contributed by atoms with van der Waals surface area (Å²) in [5, 5.41) is 8.20. The number of aliphatic imine (C=N–C) groups is 1. The Morgan fingerprint density at radius 1 is 1.41 bits per heavy atom. The smallest absolute Gasteiger partial charge is 0.263 e. The average Bonchev–Trinajstić information content (AvgIpc) is 3.29. The highest BCUT2D eigenvalue weighted by molar-refractivity contribution is 9.10. The monoisotopic (exact) mass is 499 g/mol. The van der Waals surface area contributed by atoms with Gasteiger partial charge < -0.3 is 11.1 Å². The third-order valence-corrected chi connectivity index (χ3v) is 7.35. The molecule has 3 N–H and O–H groups in total. The predicted octanol–water partition coefficient (Wildman–Crippen LogP) is 5.23. The van der Waals surface area contributed by atoms with Gasteiger partial charge >= 0.3 is 0 Å². The van der Waals surface area contributed by atoms with Gasteiger partial charge in [0.25, 0.3) is 11.8 Å².